The molecule has 0 aliphatic carbocycles. The molecule has 5 atom stereocenters. The highest BCUT2D eigenvalue weighted by atomic mass is 31.2. The maximum atomic E-state index is 11.6. The molecule has 0 aromatic carbocycles. The number of ether oxygens (including phenoxy) is 1. The van der Waals surface area contributed by atoms with Crippen molar-refractivity contribution in [1.82, 2.24) is 19.5 Å². The second-order valence-electron chi connectivity index (χ2n) is 5.69. The predicted molar refractivity (Wildman–Crippen MR) is 83.8 cm³/mol. The van der Waals surface area contributed by atoms with Crippen molar-refractivity contribution in [3.8, 4) is 0 Å². The first-order valence-electron chi connectivity index (χ1n) is 7.37. The number of nitrogens with zero attached hydrogens (tertiary/aromatic N) is 7. The highest BCUT2D eigenvalue weighted by Gasteiger charge is 2.53. The van der Waals surface area contributed by atoms with E-state index in [0.717, 1.165) is 0 Å². The van der Waals surface area contributed by atoms with E-state index in [1.807, 2.05) is 0 Å². The van der Waals surface area contributed by atoms with Crippen LogP contribution in [0, 0.1) is 6.92 Å². The lowest BCUT2D eigenvalue weighted by Gasteiger charge is -2.27. The van der Waals surface area contributed by atoms with Gasteiger partial charge in [-0.1, -0.05) is 0 Å². The smallest absolute Gasteiger partial charge is 0.386 e. The van der Waals surface area contributed by atoms with Gasteiger partial charge in [0.05, 0.1) is 6.61 Å². The highest BCUT2D eigenvalue weighted by molar-refractivity contribution is 7.47. The Labute approximate surface area is 144 Å². The van der Waals surface area contributed by atoms with Crippen LogP contribution >= 0.6 is 7.82 Å². The van der Waals surface area contributed by atoms with Crippen molar-refractivity contribution >= 4 is 30.8 Å². The van der Waals surface area contributed by atoms with Crippen LogP contribution in [-0.2, 0) is 18.3 Å². The van der Waals surface area contributed by atoms with Crippen LogP contribution in [0.25, 0.3) is 21.6 Å². The number of aliphatic hydroxyl groups is 1. The molecular weight excluding hydrogens is 371 g/mol. The summed E-state index contributed by atoms with van der Waals surface area (Å²) in [6.45, 7) is 1.34. The molecule has 4 N–H and O–H groups in total. The summed E-state index contributed by atoms with van der Waals surface area (Å²) in [5.41, 5.74) is 15.0. The number of rotatable bonds is 2. The number of nitrogen functional groups attached to an aromatic ring is 1. The number of aryl methyl sites for hydroxylation is 1. The third kappa shape index (κ3) is 2.61. The third-order valence-corrected chi connectivity index (χ3v) is 5.00. The largest absolute Gasteiger partial charge is 0.472 e. The van der Waals surface area contributed by atoms with Gasteiger partial charge in [-0.2, -0.15) is 0 Å². The standard InChI is InChI=1S/C11H13N8O6P/c1-3-14-8(12)5-9(15-3)19(11(16-5)17-18-13)10-6(20)7-4(24-10)2-23-26(21,22)25-7/h4,6-7,10,20H,2H2,1H3,(H,21,22)(H2,12,14,15)/t4-,6-,7-,10-/m1/s1. The third-order valence-electron chi connectivity index (χ3n) is 4.01. The molecule has 0 saturated carbocycles. The summed E-state index contributed by atoms with van der Waals surface area (Å²) in [5, 5.41) is 14.1. The molecule has 138 valence electrons. The molecule has 0 bridgehead atoms. The van der Waals surface area contributed by atoms with Crippen LogP contribution in [0.2, 0.25) is 0 Å². The first kappa shape index (κ1) is 17.1. The van der Waals surface area contributed by atoms with E-state index in [1.54, 1.807) is 6.92 Å². The molecule has 2 aromatic heterocycles. The molecule has 0 spiro atoms. The molecule has 26 heavy (non-hydrogen) atoms. The Kier molecular flexibility index (Phi) is 3.86. The van der Waals surface area contributed by atoms with E-state index in [2.05, 4.69) is 25.0 Å². The zero-order chi connectivity index (χ0) is 18.6. The first-order chi connectivity index (χ1) is 12.3. The minimum absolute atomic E-state index is 0.0602. The quantitative estimate of drug-likeness (QED) is 0.282. The maximum absolute atomic E-state index is 11.6. The molecule has 15 heteroatoms. The molecule has 4 heterocycles. The number of fused-ring (bicyclic) bond motifs is 2. The Morgan fingerprint density at radius 1 is 1.46 bits per heavy atom. The number of phosphoric ester groups is 1. The van der Waals surface area contributed by atoms with E-state index < -0.39 is 32.4 Å². The van der Waals surface area contributed by atoms with Crippen LogP contribution in [0.5, 0.6) is 0 Å². The number of anilines is 1. The Morgan fingerprint density at radius 2 is 2.23 bits per heavy atom. The fraction of sp³-hybridized carbons (Fsp3) is 0.545. The van der Waals surface area contributed by atoms with Gasteiger partial charge in [-0.25, -0.2) is 19.5 Å². The fourth-order valence-electron chi connectivity index (χ4n) is 2.99. The van der Waals surface area contributed by atoms with E-state index in [9.17, 15) is 14.6 Å². The second kappa shape index (κ2) is 5.86. The van der Waals surface area contributed by atoms with Crippen LogP contribution in [0.1, 0.15) is 12.1 Å². The van der Waals surface area contributed by atoms with Gasteiger partial charge in [-0.15, -0.1) is 0 Å². The molecule has 0 radical (unpaired) electrons. The lowest BCUT2D eigenvalue weighted by molar-refractivity contribution is -0.0660. The SMILES string of the molecule is Cc1nc(N)c2nc(N=[N+]=[N-])n([C@@H]3O[C@@H]4COP(=O)(O)O[C@H]4[C@H]3O)c2n1. The number of imidazole rings is 1. The van der Waals surface area contributed by atoms with E-state index in [4.69, 9.17) is 25.0 Å². The summed E-state index contributed by atoms with van der Waals surface area (Å²) in [6, 6.07) is 0. The first-order valence-corrected chi connectivity index (χ1v) is 8.86. The van der Waals surface area contributed by atoms with E-state index in [-0.39, 0.29) is 29.5 Å². The summed E-state index contributed by atoms with van der Waals surface area (Å²) in [5.74, 6) is 0.225. The van der Waals surface area contributed by atoms with Crippen molar-refractivity contribution in [3.63, 3.8) is 0 Å². The van der Waals surface area contributed by atoms with Crippen molar-refractivity contribution in [1.29, 1.82) is 0 Å². The summed E-state index contributed by atoms with van der Waals surface area (Å²) in [6.07, 6.45) is -4.49. The van der Waals surface area contributed by atoms with Crippen LogP contribution in [0.4, 0.5) is 11.8 Å². The van der Waals surface area contributed by atoms with Gasteiger partial charge >= 0.3 is 7.82 Å². The van der Waals surface area contributed by atoms with Crippen molar-refractivity contribution in [2.45, 2.75) is 31.5 Å². The Balaban J connectivity index is 1.85. The Hall–Kier alpha value is -2.31. The second-order valence-corrected chi connectivity index (χ2v) is 7.10. The number of hydrogen-bond acceptors (Lipinski definition) is 10. The number of aliphatic hydroxyl groups excluding tert-OH is 1. The minimum Gasteiger partial charge on any atom is -0.386 e. The molecule has 2 fully saturated rings. The average molecular weight is 384 g/mol. The van der Waals surface area contributed by atoms with Crippen LogP contribution < -0.4 is 5.73 Å². The summed E-state index contributed by atoms with van der Waals surface area (Å²) in [4.78, 5) is 24.5. The lowest BCUT2D eigenvalue weighted by atomic mass is 10.1. The lowest BCUT2D eigenvalue weighted by Crippen LogP contribution is -2.39. The van der Waals surface area contributed by atoms with Gasteiger partial charge in [0.25, 0.3) is 0 Å². The van der Waals surface area contributed by atoms with E-state index in [1.165, 1.54) is 4.57 Å². The summed E-state index contributed by atoms with van der Waals surface area (Å²) >= 11 is 0. The molecule has 14 nitrogen and oxygen atoms in total. The van der Waals surface area contributed by atoms with Gasteiger partial charge in [0.1, 0.15) is 24.1 Å². The molecular formula is C11H13N8O6P. The number of phosphoric acid groups is 1. The summed E-state index contributed by atoms with van der Waals surface area (Å²) < 4.78 is 28.2. The van der Waals surface area contributed by atoms with Crippen LogP contribution in [0.15, 0.2) is 5.11 Å². The van der Waals surface area contributed by atoms with Gasteiger partial charge in [-0.05, 0) is 17.6 Å². The monoisotopic (exact) mass is 384 g/mol. The molecule has 2 aromatic rings. The zero-order valence-corrected chi connectivity index (χ0v) is 14.1. The molecule has 2 saturated heterocycles. The molecule has 2 aliphatic rings. The number of azide groups is 1. The van der Waals surface area contributed by atoms with Crippen molar-refractivity contribution in [2.24, 2.45) is 5.11 Å². The molecule has 0 amide bonds. The van der Waals surface area contributed by atoms with E-state index in [0.29, 0.717) is 5.82 Å². The minimum atomic E-state index is -4.28. The average Bonchev–Trinajstić information content (AvgIpc) is 3.05. The number of hydrogen-bond donors (Lipinski definition) is 3. The van der Waals surface area contributed by atoms with Gasteiger partial charge < -0.3 is 20.5 Å². The topological polar surface area (TPSA) is 204 Å². The van der Waals surface area contributed by atoms with Crippen LogP contribution in [-0.4, -0.2) is 54.4 Å². The highest BCUT2D eigenvalue weighted by Crippen LogP contribution is 2.53. The maximum Gasteiger partial charge on any atom is 0.472 e. The predicted octanol–water partition coefficient (Wildman–Crippen LogP) is 0.433. The van der Waals surface area contributed by atoms with Gasteiger partial charge in [0.15, 0.2) is 23.2 Å². The summed E-state index contributed by atoms with van der Waals surface area (Å²) in [7, 11) is -4.28. The Bertz CT molecular complexity index is 989. The van der Waals surface area contributed by atoms with Crippen molar-refractivity contribution < 1.29 is 28.3 Å². The molecule has 2 aliphatic heterocycles. The molecule has 1 unspecified atom stereocenters. The van der Waals surface area contributed by atoms with Gasteiger partial charge in [-0.3, -0.25) is 13.6 Å². The Morgan fingerprint density at radius 3 is 2.96 bits per heavy atom. The fourth-order valence-corrected chi connectivity index (χ4v) is 3.96. The van der Waals surface area contributed by atoms with Gasteiger partial charge in [0, 0.05) is 4.91 Å². The number of nitrogens with two attached hydrogens (primary N) is 1. The van der Waals surface area contributed by atoms with Crippen molar-refractivity contribution in [3.05, 3.63) is 16.3 Å². The van der Waals surface area contributed by atoms with Crippen molar-refractivity contribution in [2.75, 3.05) is 12.3 Å². The van der Waals surface area contributed by atoms with Gasteiger partial charge in [0.2, 0.25) is 5.95 Å². The van der Waals surface area contributed by atoms with Crippen LogP contribution in [0.3, 0.4) is 0 Å². The normalized spacial score (nSPS) is 33.8. The number of aromatic nitrogens is 4. The van der Waals surface area contributed by atoms with E-state index >= 15 is 0 Å². The zero-order valence-electron chi connectivity index (χ0n) is 13.2. The molecule has 4 rings (SSSR count).